The second-order valence-electron chi connectivity index (χ2n) is 8.68. The number of halogens is 1. The largest absolute Gasteiger partial charge is 0.308 e. The van der Waals surface area contributed by atoms with Crippen molar-refractivity contribution in [3.05, 3.63) is 91.0 Å². The van der Waals surface area contributed by atoms with Gasteiger partial charge < -0.3 is 4.57 Å². The van der Waals surface area contributed by atoms with Gasteiger partial charge >= 0.3 is 0 Å². The van der Waals surface area contributed by atoms with Gasteiger partial charge in [0.1, 0.15) is 0 Å². The lowest BCUT2D eigenvalue weighted by Crippen LogP contribution is -2.11. The molecule has 0 bridgehead atoms. The third-order valence-corrected chi connectivity index (χ3v) is 9.11. The number of allylic oxidation sites excluding steroid dienone is 4. The Hall–Kier alpha value is -2.88. The highest BCUT2D eigenvalue weighted by molar-refractivity contribution is 9.09. The van der Waals surface area contributed by atoms with Gasteiger partial charge in [-0.15, -0.1) is 11.3 Å². The quantitative estimate of drug-likeness (QED) is 0.201. The summed E-state index contributed by atoms with van der Waals surface area (Å²) in [6.07, 6.45) is 6.96. The van der Waals surface area contributed by atoms with Gasteiger partial charge in [-0.05, 0) is 34.9 Å². The van der Waals surface area contributed by atoms with E-state index in [1.807, 2.05) is 11.3 Å². The standard InChI is InChI=1S/C29H20BrNS/c1-17-16-18(14-15-23(17)30)31-24-12-6-4-10-21(24)26-19-8-2-3-9-20(19)27-22-11-5-7-13-25(22)32-29(27)28(26)31/h2-17,23H,1H3. The van der Waals surface area contributed by atoms with Crippen LogP contribution in [0.15, 0.2) is 91.0 Å². The summed E-state index contributed by atoms with van der Waals surface area (Å²) >= 11 is 5.72. The Morgan fingerprint density at radius 2 is 1.44 bits per heavy atom. The normalized spacial score (nSPS) is 19.0. The number of rotatable bonds is 1. The lowest BCUT2D eigenvalue weighted by molar-refractivity contribution is 0.760. The molecule has 0 amide bonds. The van der Waals surface area contributed by atoms with E-state index in [1.54, 1.807) is 0 Å². The molecule has 6 aromatic rings. The smallest absolute Gasteiger partial charge is 0.0726 e. The molecule has 0 saturated carbocycles. The van der Waals surface area contributed by atoms with Crippen molar-refractivity contribution in [1.29, 1.82) is 0 Å². The Bertz CT molecular complexity index is 1760. The van der Waals surface area contributed by atoms with E-state index in [4.69, 9.17) is 0 Å². The first-order valence-corrected chi connectivity index (χ1v) is 12.7. The van der Waals surface area contributed by atoms with Crippen molar-refractivity contribution in [3.63, 3.8) is 0 Å². The monoisotopic (exact) mass is 493 g/mol. The molecule has 2 aromatic heterocycles. The zero-order valence-electron chi connectivity index (χ0n) is 17.5. The minimum Gasteiger partial charge on any atom is -0.308 e. The van der Waals surface area contributed by atoms with Crippen LogP contribution in [0.25, 0.3) is 58.4 Å². The number of alkyl halides is 1. The number of thiophene rings is 1. The highest BCUT2D eigenvalue weighted by atomic mass is 79.9. The van der Waals surface area contributed by atoms with Crippen LogP contribution in [-0.4, -0.2) is 9.39 Å². The molecule has 1 nitrogen and oxygen atoms in total. The molecule has 1 aliphatic rings. The van der Waals surface area contributed by atoms with Crippen LogP contribution in [-0.2, 0) is 0 Å². The molecule has 4 aromatic carbocycles. The minimum atomic E-state index is 0.379. The van der Waals surface area contributed by atoms with Gasteiger partial charge in [0.25, 0.3) is 0 Å². The summed E-state index contributed by atoms with van der Waals surface area (Å²) in [5.41, 5.74) is 3.86. The fourth-order valence-electron chi connectivity index (χ4n) is 5.33. The summed E-state index contributed by atoms with van der Waals surface area (Å²) in [7, 11) is 0. The lowest BCUT2D eigenvalue weighted by Gasteiger charge is -2.20. The molecule has 7 rings (SSSR count). The Morgan fingerprint density at radius 3 is 2.22 bits per heavy atom. The third kappa shape index (κ3) is 2.44. The molecule has 0 aliphatic heterocycles. The number of fused-ring (bicyclic) bond motifs is 10. The molecule has 0 radical (unpaired) electrons. The molecule has 1 aliphatic carbocycles. The van der Waals surface area contributed by atoms with E-state index in [-0.39, 0.29) is 0 Å². The highest BCUT2D eigenvalue weighted by Crippen LogP contribution is 2.48. The van der Waals surface area contributed by atoms with E-state index in [2.05, 4.69) is 118 Å². The van der Waals surface area contributed by atoms with E-state index in [9.17, 15) is 0 Å². The molecular weight excluding hydrogens is 474 g/mol. The average Bonchev–Trinajstić information content (AvgIpc) is 3.38. The molecule has 3 heteroatoms. The topological polar surface area (TPSA) is 4.93 Å². The summed E-state index contributed by atoms with van der Waals surface area (Å²) in [4.78, 5) is 0.379. The third-order valence-electron chi connectivity index (χ3n) is 6.80. The Balaban J connectivity index is 1.80. The van der Waals surface area contributed by atoms with Gasteiger partial charge in [0.05, 0.1) is 15.7 Å². The minimum absolute atomic E-state index is 0.379. The van der Waals surface area contributed by atoms with Crippen molar-refractivity contribution < 1.29 is 0 Å². The van der Waals surface area contributed by atoms with Gasteiger partial charge in [0, 0.05) is 36.8 Å². The summed E-state index contributed by atoms with van der Waals surface area (Å²) in [5.74, 6) is 0.435. The van der Waals surface area contributed by atoms with E-state index in [1.165, 1.54) is 58.4 Å². The SMILES string of the molecule is CC1C=C(n2c3ccccc3c3c4ccccc4c4c5ccccc5sc4c32)C=CC1Br. The van der Waals surface area contributed by atoms with Crippen molar-refractivity contribution in [1.82, 2.24) is 4.57 Å². The van der Waals surface area contributed by atoms with Crippen molar-refractivity contribution in [3.8, 4) is 0 Å². The molecule has 0 saturated heterocycles. The molecule has 0 spiro atoms. The van der Waals surface area contributed by atoms with Crippen LogP contribution in [0.3, 0.4) is 0 Å². The number of aromatic nitrogens is 1. The first-order chi connectivity index (χ1) is 15.7. The van der Waals surface area contributed by atoms with Gasteiger partial charge in [-0.3, -0.25) is 0 Å². The van der Waals surface area contributed by atoms with E-state index in [0.717, 1.165) is 0 Å². The summed E-state index contributed by atoms with van der Waals surface area (Å²) in [6, 6.07) is 26.6. The Labute approximate surface area is 198 Å². The van der Waals surface area contributed by atoms with Gasteiger partial charge in [-0.1, -0.05) is 95.7 Å². The predicted molar refractivity (Wildman–Crippen MR) is 145 cm³/mol. The maximum Gasteiger partial charge on any atom is 0.0726 e. The van der Waals surface area contributed by atoms with Crippen LogP contribution < -0.4 is 0 Å². The lowest BCUT2D eigenvalue weighted by atomic mass is 9.98. The molecule has 2 unspecified atom stereocenters. The van der Waals surface area contributed by atoms with Crippen molar-refractivity contribution >= 4 is 85.7 Å². The zero-order valence-corrected chi connectivity index (χ0v) is 20.0. The van der Waals surface area contributed by atoms with Gasteiger partial charge in [0.15, 0.2) is 0 Å². The maximum atomic E-state index is 3.80. The van der Waals surface area contributed by atoms with Crippen LogP contribution in [0.4, 0.5) is 0 Å². The van der Waals surface area contributed by atoms with Crippen LogP contribution in [0.1, 0.15) is 6.92 Å². The summed E-state index contributed by atoms with van der Waals surface area (Å²) in [5, 5.41) is 8.09. The van der Waals surface area contributed by atoms with Crippen molar-refractivity contribution in [2.45, 2.75) is 11.8 Å². The molecular formula is C29H20BrNS. The highest BCUT2D eigenvalue weighted by Gasteiger charge is 2.23. The maximum absolute atomic E-state index is 3.80. The Kier molecular flexibility index (Phi) is 3.97. The zero-order chi connectivity index (χ0) is 21.4. The van der Waals surface area contributed by atoms with Gasteiger partial charge in [0.2, 0.25) is 0 Å². The molecule has 2 atom stereocenters. The predicted octanol–water partition coefficient (Wildman–Crippen LogP) is 9.13. The van der Waals surface area contributed by atoms with Gasteiger partial charge in [-0.25, -0.2) is 0 Å². The molecule has 0 N–H and O–H groups in total. The molecule has 32 heavy (non-hydrogen) atoms. The first-order valence-electron chi connectivity index (χ1n) is 11.0. The van der Waals surface area contributed by atoms with Crippen LogP contribution >= 0.6 is 27.3 Å². The Morgan fingerprint density at radius 1 is 0.781 bits per heavy atom. The molecule has 0 fully saturated rings. The molecule has 154 valence electrons. The van der Waals surface area contributed by atoms with E-state index >= 15 is 0 Å². The average molecular weight is 494 g/mol. The van der Waals surface area contributed by atoms with E-state index < -0.39 is 0 Å². The van der Waals surface area contributed by atoms with Crippen molar-refractivity contribution in [2.24, 2.45) is 5.92 Å². The fourth-order valence-corrected chi connectivity index (χ4v) is 6.89. The van der Waals surface area contributed by atoms with Crippen LogP contribution in [0, 0.1) is 5.92 Å². The second kappa shape index (κ2) is 6.81. The van der Waals surface area contributed by atoms with Gasteiger partial charge in [-0.2, -0.15) is 0 Å². The first kappa shape index (κ1) is 18.7. The summed E-state index contributed by atoms with van der Waals surface area (Å²) < 4.78 is 5.22. The number of hydrogen-bond acceptors (Lipinski definition) is 1. The number of hydrogen-bond donors (Lipinski definition) is 0. The van der Waals surface area contributed by atoms with E-state index in [0.29, 0.717) is 10.7 Å². The van der Waals surface area contributed by atoms with Crippen molar-refractivity contribution in [2.75, 3.05) is 0 Å². The number of benzene rings is 4. The number of nitrogens with zero attached hydrogens (tertiary/aromatic N) is 1. The summed E-state index contributed by atoms with van der Waals surface area (Å²) in [6.45, 7) is 2.28. The molecule has 2 heterocycles. The fraction of sp³-hybridized carbons (Fsp3) is 0.103. The van der Waals surface area contributed by atoms with Crippen LogP contribution in [0.2, 0.25) is 0 Å². The second-order valence-corrected chi connectivity index (χ2v) is 10.8. The number of para-hydroxylation sites is 1. The van der Waals surface area contributed by atoms with Crippen LogP contribution in [0.5, 0.6) is 0 Å².